The molecule has 17 heavy (non-hydrogen) atoms. The molecule has 0 radical (unpaired) electrons. The lowest BCUT2D eigenvalue weighted by molar-refractivity contribution is -0.120. The van der Waals surface area contributed by atoms with Crippen LogP contribution in [0.2, 0.25) is 0 Å². The molecule has 102 valence electrons. The first-order valence-corrected chi connectivity index (χ1v) is 7.28. The Bertz CT molecular complexity index is 172. The Kier molecular flexibility index (Phi) is 13.0. The monoisotopic (exact) mass is 242 g/mol. The Morgan fingerprint density at radius 3 is 2.00 bits per heavy atom. The third-order valence-electron chi connectivity index (χ3n) is 2.85. The van der Waals surface area contributed by atoms with Gasteiger partial charge in [0.2, 0.25) is 5.91 Å². The van der Waals surface area contributed by atoms with Gasteiger partial charge in [-0.1, -0.05) is 52.4 Å². The Balaban J connectivity index is 3.12. The first kappa shape index (κ1) is 16.4. The van der Waals surface area contributed by atoms with Crippen LogP contribution in [-0.4, -0.2) is 25.5 Å². The number of carbonyl (C=O) groups excluding carboxylic acids is 1. The molecule has 0 unspecified atom stereocenters. The standard InChI is InChI=1S/C14H30N2O/c1-3-5-7-9-11-15-13-14(17)16-12-10-8-6-4-2/h15H,3-13H2,1-2H3,(H,16,17). The van der Waals surface area contributed by atoms with Gasteiger partial charge in [-0.25, -0.2) is 0 Å². The Morgan fingerprint density at radius 1 is 0.824 bits per heavy atom. The van der Waals surface area contributed by atoms with E-state index in [0.29, 0.717) is 6.54 Å². The van der Waals surface area contributed by atoms with Gasteiger partial charge >= 0.3 is 0 Å². The third kappa shape index (κ3) is 13.4. The minimum Gasteiger partial charge on any atom is -0.355 e. The van der Waals surface area contributed by atoms with Gasteiger partial charge in [0.05, 0.1) is 6.54 Å². The van der Waals surface area contributed by atoms with E-state index in [1.807, 2.05) is 0 Å². The smallest absolute Gasteiger partial charge is 0.233 e. The summed E-state index contributed by atoms with van der Waals surface area (Å²) in [4.78, 5) is 11.4. The summed E-state index contributed by atoms with van der Waals surface area (Å²) in [7, 11) is 0. The SMILES string of the molecule is CCCCCCNCC(=O)NCCCCCC. The van der Waals surface area contributed by atoms with Crippen molar-refractivity contribution in [1.82, 2.24) is 10.6 Å². The number of unbranched alkanes of at least 4 members (excludes halogenated alkanes) is 6. The topological polar surface area (TPSA) is 41.1 Å². The summed E-state index contributed by atoms with van der Waals surface area (Å²) in [5.74, 6) is 0.136. The molecule has 3 nitrogen and oxygen atoms in total. The molecule has 0 saturated heterocycles. The number of nitrogens with one attached hydrogen (secondary N) is 2. The molecule has 0 saturated carbocycles. The molecule has 0 heterocycles. The molecule has 0 aliphatic carbocycles. The second-order valence-corrected chi connectivity index (χ2v) is 4.65. The molecule has 0 atom stereocenters. The van der Waals surface area contributed by atoms with Crippen LogP contribution in [-0.2, 0) is 4.79 Å². The van der Waals surface area contributed by atoms with Crippen LogP contribution in [0, 0.1) is 0 Å². The predicted molar refractivity (Wildman–Crippen MR) is 74.2 cm³/mol. The summed E-state index contributed by atoms with van der Waals surface area (Å²) in [5, 5.41) is 6.13. The maximum atomic E-state index is 11.4. The van der Waals surface area contributed by atoms with Crippen molar-refractivity contribution < 1.29 is 4.79 Å². The largest absolute Gasteiger partial charge is 0.355 e. The van der Waals surface area contributed by atoms with Crippen molar-refractivity contribution in [3.8, 4) is 0 Å². The highest BCUT2D eigenvalue weighted by molar-refractivity contribution is 5.77. The number of carbonyl (C=O) groups is 1. The van der Waals surface area contributed by atoms with Crippen molar-refractivity contribution >= 4 is 5.91 Å². The molecule has 1 amide bonds. The fourth-order valence-electron chi connectivity index (χ4n) is 1.72. The van der Waals surface area contributed by atoms with E-state index < -0.39 is 0 Å². The van der Waals surface area contributed by atoms with Crippen LogP contribution >= 0.6 is 0 Å². The van der Waals surface area contributed by atoms with Crippen molar-refractivity contribution in [3.63, 3.8) is 0 Å². The summed E-state index contributed by atoms with van der Waals surface area (Å²) >= 11 is 0. The number of rotatable bonds is 12. The van der Waals surface area contributed by atoms with Gasteiger partial charge in [0.15, 0.2) is 0 Å². The van der Waals surface area contributed by atoms with E-state index in [2.05, 4.69) is 24.5 Å². The lowest BCUT2D eigenvalue weighted by Crippen LogP contribution is -2.34. The van der Waals surface area contributed by atoms with Gasteiger partial charge in [-0.05, 0) is 19.4 Å². The molecule has 3 heteroatoms. The van der Waals surface area contributed by atoms with E-state index in [4.69, 9.17) is 0 Å². The zero-order valence-electron chi connectivity index (χ0n) is 11.7. The molecule has 0 aliphatic heterocycles. The van der Waals surface area contributed by atoms with Gasteiger partial charge in [0.25, 0.3) is 0 Å². The van der Waals surface area contributed by atoms with Crippen LogP contribution in [0.15, 0.2) is 0 Å². The normalized spacial score (nSPS) is 10.5. The van der Waals surface area contributed by atoms with Crippen LogP contribution in [0.25, 0.3) is 0 Å². The van der Waals surface area contributed by atoms with Crippen molar-refractivity contribution in [3.05, 3.63) is 0 Å². The maximum Gasteiger partial charge on any atom is 0.233 e. The maximum absolute atomic E-state index is 11.4. The van der Waals surface area contributed by atoms with Gasteiger partial charge in [0.1, 0.15) is 0 Å². The zero-order chi connectivity index (χ0) is 12.8. The molecule has 0 fully saturated rings. The first-order chi connectivity index (χ1) is 8.31. The number of hydrogen-bond donors (Lipinski definition) is 2. The molecule has 0 aromatic carbocycles. The predicted octanol–water partition coefficient (Wildman–Crippen LogP) is 2.85. The number of hydrogen-bond acceptors (Lipinski definition) is 2. The van der Waals surface area contributed by atoms with Crippen molar-refractivity contribution in [2.45, 2.75) is 65.2 Å². The molecule has 2 N–H and O–H groups in total. The van der Waals surface area contributed by atoms with Gasteiger partial charge in [0, 0.05) is 6.54 Å². The Morgan fingerprint density at radius 2 is 1.41 bits per heavy atom. The van der Waals surface area contributed by atoms with Crippen LogP contribution in [0.1, 0.15) is 65.2 Å². The fourth-order valence-corrected chi connectivity index (χ4v) is 1.72. The van der Waals surface area contributed by atoms with Crippen LogP contribution in [0.3, 0.4) is 0 Å². The molecule has 0 aromatic rings. The highest BCUT2D eigenvalue weighted by Crippen LogP contribution is 1.97. The van der Waals surface area contributed by atoms with Crippen molar-refractivity contribution in [1.29, 1.82) is 0 Å². The van der Waals surface area contributed by atoms with Crippen LogP contribution < -0.4 is 10.6 Å². The molecule has 0 spiro atoms. The summed E-state index contributed by atoms with van der Waals surface area (Å²) < 4.78 is 0. The molecular weight excluding hydrogens is 212 g/mol. The van der Waals surface area contributed by atoms with E-state index >= 15 is 0 Å². The Labute approximate surface area is 107 Å². The molecule has 0 bridgehead atoms. The minimum atomic E-state index is 0.136. The average molecular weight is 242 g/mol. The first-order valence-electron chi connectivity index (χ1n) is 7.28. The fraction of sp³-hybridized carbons (Fsp3) is 0.929. The zero-order valence-corrected chi connectivity index (χ0v) is 11.7. The second kappa shape index (κ2) is 13.5. The van der Waals surface area contributed by atoms with Crippen LogP contribution in [0.4, 0.5) is 0 Å². The van der Waals surface area contributed by atoms with E-state index in [0.717, 1.165) is 19.5 Å². The summed E-state index contributed by atoms with van der Waals surface area (Å²) in [6.45, 7) is 6.67. The molecule has 0 aliphatic rings. The van der Waals surface area contributed by atoms with Crippen molar-refractivity contribution in [2.75, 3.05) is 19.6 Å². The van der Waals surface area contributed by atoms with Gasteiger partial charge in [-0.2, -0.15) is 0 Å². The van der Waals surface area contributed by atoms with Crippen LogP contribution in [0.5, 0.6) is 0 Å². The number of amides is 1. The summed E-state index contributed by atoms with van der Waals surface area (Å²) in [6.07, 6.45) is 9.85. The van der Waals surface area contributed by atoms with Gasteiger partial charge in [-0.3, -0.25) is 4.79 Å². The minimum absolute atomic E-state index is 0.136. The summed E-state index contributed by atoms with van der Waals surface area (Å²) in [5.41, 5.74) is 0. The third-order valence-corrected chi connectivity index (χ3v) is 2.85. The molecule has 0 rings (SSSR count). The molecule has 0 aromatic heterocycles. The quantitative estimate of drug-likeness (QED) is 0.517. The van der Waals surface area contributed by atoms with E-state index in [1.165, 1.54) is 44.9 Å². The lowest BCUT2D eigenvalue weighted by Gasteiger charge is -2.06. The van der Waals surface area contributed by atoms with Crippen molar-refractivity contribution in [2.24, 2.45) is 0 Å². The van der Waals surface area contributed by atoms with E-state index in [1.54, 1.807) is 0 Å². The average Bonchev–Trinajstić information content (AvgIpc) is 2.33. The van der Waals surface area contributed by atoms with E-state index in [-0.39, 0.29) is 5.91 Å². The second-order valence-electron chi connectivity index (χ2n) is 4.65. The van der Waals surface area contributed by atoms with Gasteiger partial charge < -0.3 is 10.6 Å². The summed E-state index contributed by atoms with van der Waals surface area (Å²) in [6, 6.07) is 0. The highest BCUT2D eigenvalue weighted by atomic mass is 16.1. The Hall–Kier alpha value is -0.570. The highest BCUT2D eigenvalue weighted by Gasteiger charge is 1.98. The van der Waals surface area contributed by atoms with E-state index in [9.17, 15) is 4.79 Å². The molecular formula is C14H30N2O. The van der Waals surface area contributed by atoms with Gasteiger partial charge in [-0.15, -0.1) is 0 Å². The lowest BCUT2D eigenvalue weighted by atomic mass is 10.2.